The van der Waals surface area contributed by atoms with Gasteiger partial charge in [0.1, 0.15) is 0 Å². The first kappa shape index (κ1) is 26.4. The molecule has 9 atom stereocenters. The maximum absolute atomic E-state index is 11.3. The summed E-state index contributed by atoms with van der Waals surface area (Å²) in [5, 5.41) is 11.3. The molecule has 4 fully saturated rings. The second-order valence-electron chi connectivity index (χ2n) is 11.6. The number of hydrogen-bond donors (Lipinski definition) is 1. The molecule has 0 aromatic carbocycles. The predicted molar refractivity (Wildman–Crippen MR) is 115 cm³/mol. The number of rotatable bonds is 6. The molecule has 7 heteroatoms. The predicted octanol–water partition coefficient (Wildman–Crippen LogP) is 1.90. The van der Waals surface area contributed by atoms with Crippen LogP contribution in [0.25, 0.3) is 0 Å². The Hall–Kier alpha value is 0.830. The van der Waals surface area contributed by atoms with Crippen LogP contribution >= 0.6 is 0 Å². The van der Waals surface area contributed by atoms with Gasteiger partial charge in [0.25, 0.3) is 0 Å². The van der Waals surface area contributed by atoms with E-state index < -0.39 is 10.4 Å². The summed E-state index contributed by atoms with van der Waals surface area (Å²) in [6.07, 6.45) is 12.6. The van der Waals surface area contributed by atoms with Crippen molar-refractivity contribution in [3.8, 4) is 0 Å². The standard InChI is InChI=1S/C24H42O5S.Na/c1-16(7-6-14-29-30(26,27)28)18-9-10-19-22-20(11-13-24(18,19)3)23(2)12-5-4-8-17(23)15-21(22)25;/h16-22,25H,4-15H2,1-3H3,(H,26,27,28);/q;+1/p-1/t16-,17+,18-,19+,20+,21-,22+,23+,24-;/m1./s1. The van der Waals surface area contributed by atoms with E-state index in [1.807, 2.05) is 0 Å². The average molecular weight is 465 g/mol. The van der Waals surface area contributed by atoms with Gasteiger partial charge in [0.2, 0.25) is 10.4 Å². The maximum atomic E-state index is 11.3. The molecule has 1 N–H and O–H groups in total. The average Bonchev–Trinajstić information content (AvgIpc) is 3.02. The largest absolute Gasteiger partial charge is 1.00 e. The van der Waals surface area contributed by atoms with E-state index >= 15 is 0 Å². The van der Waals surface area contributed by atoms with Crippen molar-refractivity contribution in [2.45, 2.75) is 97.5 Å². The van der Waals surface area contributed by atoms with E-state index in [1.54, 1.807) is 0 Å². The molecule has 0 aromatic rings. The summed E-state index contributed by atoms with van der Waals surface area (Å²) in [4.78, 5) is 0. The van der Waals surface area contributed by atoms with Gasteiger partial charge in [0.05, 0.1) is 12.7 Å². The van der Waals surface area contributed by atoms with Crippen LogP contribution in [0.15, 0.2) is 0 Å². The molecule has 4 aliphatic carbocycles. The first-order valence-corrected chi connectivity index (χ1v) is 13.7. The third-order valence-electron chi connectivity index (χ3n) is 10.4. The molecule has 0 bridgehead atoms. The van der Waals surface area contributed by atoms with E-state index in [9.17, 15) is 18.1 Å². The molecular weight excluding hydrogens is 423 g/mol. The summed E-state index contributed by atoms with van der Waals surface area (Å²) >= 11 is 0. The Balaban J connectivity index is 0.00000272. The first-order chi connectivity index (χ1) is 14.1. The quantitative estimate of drug-likeness (QED) is 0.281. The van der Waals surface area contributed by atoms with Gasteiger partial charge < -0.3 is 9.66 Å². The number of aliphatic hydroxyl groups excluding tert-OH is 1. The first-order valence-electron chi connectivity index (χ1n) is 12.3. The molecular formula is C24H41NaO5S. The van der Waals surface area contributed by atoms with Crippen molar-refractivity contribution in [1.29, 1.82) is 0 Å². The minimum atomic E-state index is -4.59. The van der Waals surface area contributed by atoms with Gasteiger partial charge in [-0.1, -0.05) is 33.6 Å². The Morgan fingerprint density at radius 2 is 1.77 bits per heavy atom. The maximum Gasteiger partial charge on any atom is 1.00 e. The van der Waals surface area contributed by atoms with Crippen LogP contribution in [0.5, 0.6) is 0 Å². The van der Waals surface area contributed by atoms with Gasteiger partial charge in [-0.05, 0) is 104 Å². The number of fused-ring (bicyclic) bond motifs is 5. The zero-order valence-corrected chi connectivity index (χ0v) is 22.8. The van der Waals surface area contributed by atoms with Crippen LogP contribution in [0.3, 0.4) is 0 Å². The summed E-state index contributed by atoms with van der Waals surface area (Å²) in [7, 11) is -4.59. The van der Waals surface area contributed by atoms with Crippen molar-refractivity contribution in [3.63, 3.8) is 0 Å². The monoisotopic (exact) mass is 464 g/mol. The molecule has 4 aliphatic rings. The molecule has 4 saturated carbocycles. The molecule has 31 heavy (non-hydrogen) atoms. The molecule has 0 heterocycles. The van der Waals surface area contributed by atoms with Crippen molar-refractivity contribution in [2.75, 3.05) is 6.61 Å². The van der Waals surface area contributed by atoms with E-state index in [0.29, 0.717) is 47.3 Å². The smallest absolute Gasteiger partial charge is 0.726 e. The van der Waals surface area contributed by atoms with Crippen LogP contribution in [-0.2, 0) is 14.6 Å². The van der Waals surface area contributed by atoms with E-state index in [0.717, 1.165) is 12.8 Å². The molecule has 0 aromatic heterocycles. The fraction of sp³-hybridized carbons (Fsp3) is 1.00. The van der Waals surface area contributed by atoms with Gasteiger partial charge in [0, 0.05) is 0 Å². The molecule has 0 saturated heterocycles. The van der Waals surface area contributed by atoms with Crippen molar-refractivity contribution >= 4 is 10.4 Å². The van der Waals surface area contributed by atoms with Crippen molar-refractivity contribution in [1.82, 2.24) is 0 Å². The van der Waals surface area contributed by atoms with E-state index in [2.05, 4.69) is 25.0 Å². The Labute approximate surface area is 211 Å². The molecule has 0 aliphatic heterocycles. The molecule has 0 spiro atoms. The van der Waals surface area contributed by atoms with E-state index in [-0.39, 0.29) is 47.7 Å². The third-order valence-corrected chi connectivity index (χ3v) is 10.8. The zero-order chi connectivity index (χ0) is 21.7. The Bertz CT molecular complexity index is 729. The summed E-state index contributed by atoms with van der Waals surface area (Å²) in [6.45, 7) is 7.29. The van der Waals surface area contributed by atoms with Crippen molar-refractivity contribution < 1.29 is 51.8 Å². The molecule has 5 nitrogen and oxygen atoms in total. The number of hydrogen-bond acceptors (Lipinski definition) is 5. The Morgan fingerprint density at radius 3 is 2.48 bits per heavy atom. The Morgan fingerprint density at radius 1 is 1.06 bits per heavy atom. The second kappa shape index (κ2) is 9.83. The topological polar surface area (TPSA) is 86.7 Å². The van der Waals surface area contributed by atoms with Gasteiger partial charge in [0.15, 0.2) is 0 Å². The van der Waals surface area contributed by atoms with Crippen LogP contribution in [0.4, 0.5) is 0 Å². The van der Waals surface area contributed by atoms with E-state index in [4.69, 9.17) is 0 Å². The van der Waals surface area contributed by atoms with Gasteiger partial charge >= 0.3 is 29.6 Å². The van der Waals surface area contributed by atoms with Gasteiger partial charge in [-0.2, -0.15) is 0 Å². The van der Waals surface area contributed by atoms with Gasteiger partial charge in [-0.15, -0.1) is 0 Å². The molecule has 0 unspecified atom stereocenters. The van der Waals surface area contributed by atoms with Gasteiger partial charge in [-0.25, -0.2) is 8.42 Å². The van der Waals surface area contributed by atoms with Crippen molar-refractivity contribution in [2.24, 2.45) is 46.3 Å². The molecule has 0 amide bonds. The van der Waals surface area contributed by atoms with Crippen LogP contribution in [0.2, 0.25) is 0 Å². The summed E-state index contributed by atoms with van der Waals surface area (Å²) < 4.78 is 36.4. The zero-order valence-electron chi connectivity index (χ0n) is 20.0. The van der Waals surface area contributed by atoms with Crippen LogP contribution in [0.1, 0.15) is 91.4 Å². The summed E-state index contributed by atoms with van der Waals surface area (Å²) in [5.74, 6) is 3.53. The summed E-state index contributed by atoms with van der Waals surface area (Å²) in [5.41, 5.74) is 0.694. The van der Waals surface area contributed by atoms with Crippen LogP contribution in [-0.4, -0.2) is 30.8 Å². The third kappa shape index (κ3) is 4.97. The van der Waals surface area contributed by atoms with E-state index in [1.165, 1.54) is 51.4 Å². The van der Waals surface area contributed by atoms with Crippen LogP contribution in [0, 0.1) is 46.3 Å². The van der Waals surface area contributed by atoms with Crippen LogP contribution < -0.4 is 29.6 Å². The Kier molecular flexibility index (Phi) is 8.38. The fourth-order valence-electron chi connectivity index (χ4n) is 9.00. The minimum Gasteiger partial charge on any atom is -0.726 e. The second-order valence-corrected chi connectivity index (χ2v) is 12.7. The molecule has 174 valence electrons. The normalized spacial score (nSPS) is 45.7. The minimum absolute atomic E-state index is 0. The molecule has 0 radical (unpaired) electrons. The number of aliphatic hydroxyl groups is 1. The molecule has 4 rings (SSSR count). The van der Waals surface area contributed by atoms with Crippen molar-refractivity contribution in [3.05, 3.63) is 0 Å². The fourth-order valence-corrected chi connectivity index (χ4v) is 9.32. The SMILES string of the molecule is C[C@H](CCCOS(=O)(=O)[O-])[C@H]1CC[C@H]2[C@@H]3[C@H](O)C[C@@H]4CCCC[C@]4(C)[C@H]3CC[C@]12C.[Na+]. The van der Waals surface area contributed by atoms with Gasteiger partial charge in [-0.3, -0.25) is 4.18 Å². The summed E-state index contributed by atoms with van der Waals surface area (Å²) in [6, 6.07) is 0.